The largest absolute Gasteiger partial charge is 0.369 e. The van der Waals surface area contributed by atoms with E-state index in [1.165, 1.54) is 5.56 Å². The van der Waals surface area contributed by atoms with Crippen LogP contribution in [0.1, 0.15) is 17.5 Å². The lowest BCUT2D eigenvalue weighted by Crippen LogP contribution is -2.52. The number of hydrogen-bond donors (Lipinski definition) is 2. The van der Waals surface area contributed by atoms with Crippen molar-refractivity contribution in [3.8, 4) is 0 Å². The lowest BCUT2D eigenvalue weighted by molar-refractivity contribution is -0.134. The summed E-state index contributed by atoms with van der Waals surface area (Å²) < 4.78 is 0. The van der Waals surface area contributed by atoms with Gasteiger partial charge >= 0.3 is 0 Å². The molecule has 2 rings (SSSR count). The summed E-state index contributed by atoms with van der Waals surface area (Å²) in [5, 5.41) is 2.69. The van der Waals surface area contributed by atoms with Gasteiger partial charge < -0.3 is 16.0 Å². The lowest BCUT2D eigenvalue weighted by Gasteiger charge is -2.34. The van der Waals surface area contributed by atoms with Crippen molar-refractivity contribution in [2.45, 2.75) is 19.8 Å². The summed E-state index contributed by atoms with van der Waals surface area (Å²) in [6.07, 6.45) is 1.02. The van der Waals surface area contributed by atoms with Crippen LogP contribution < -0.4 is 11.1 Å². The molecular formula is C18H26N4O3. The van der Waals surface area contributed by atoms with Crippen LogP contribution in [0, 0.1) is 6.92 Å². The molecule has 1 saturated heterocycles. The highest BCUT2D eigenvalue weighted by molar-refractivity contribution is 5.85. The van der Waals surface area contributed by atoms with Gasteiger partial charge in [-0.2, -0.15) is 0 Å². The number of rotatable bonds is 7. The molecule has 3 N–H and O–H groups in total. The second-order valence-corrected chi connectivity index (χ2v) is 6.39. The first kappa shape index (κ1) is 18.9. The van der Waals surface area contributed by atoms with Crippen molar-refractivity contribution in [1.29, 1.82) is 0 Å². The number of piperazine rings is 1. The van der Waals surface area contributed by atoms with E-state index in [1.807, 2.05) is 36.1 Å². The zero-order valence-corrected chi connectivity index (χ0v) is 14.7. The highest BCUT2D eigenvalue weighted by Crippen LogP contribution is 2.06. The van der Waals surface area contributed by atoms with Crippen molar-refractivity contribution >= 4 is 17.7 Å². The van der Waals surface area contributed by atoms with E-state index in [0.717, 1.165) is 5.56 Å². The summed E-state index contributed by atoms with van der Waals surface area (Å²) in [6, 6.07) is 8.07. The Kier molecular flexibility index (Phi) is 6.94. The van der Waals surface area contributed by atoms with Crippen molar-refractivity contribution in [2.75, 3.05) is 39.3 Å². The minimum absolute atomic E-state index is 0.0164. The van der Waals surface area contributed by atoms with E-state index in [9.17, 15) is 14.4 Å². The number of nitrogens with zero attached hydrogens (tertiary/aromatic N) is 2. The van der Waals surface area contributed by atoms with E-state index in [0.29, 0.717) is 39.0 Å². The standard InChI is InChI=1S/C18H26N4O3/c1-14-2-4-15(5-3-14)6-7-17(24)20-12-18(25)22-10-8-21(9-11-22)13-16(19)23/h2-5H,6-13H2,1H3,(H2,19,23)(H,20,24). The first-order valence-corrected chi connectivity index (χ1v) is 8.54. The molecule has 1 aliphatic heterocycles. The minimum atomic E-state index is -0.361. The number of benzene rings is 1. The van der Waals surface area contributed by atoms with Gasteiger partial charge in [0.25, 0.3) is 0 Å². The van der Waals surface area contributed by atoms with E-state index in [4.69, 9.17) is 5.73 Å². The van der Waals surface area contributed by atoms with Crippen LogP contribution in [0.2, 0.25) is 0 Å². The summed E-state index contributed by atoms with van der Waals surface area (Å²) in [5.41, 5.74) is 7.47. The number of nitrogens with one attached hydrogen (secondary N) is 1. The van der Waals surface area contributed by atoms with Crippen LogP contribution in [0.3, 0.4) is 0 Å². The molecule has 0 aromatic heterocycles. The number of carbonyl (C=O) groups is 3. The molecule has 1 heterocycles. The molecule has 7 nitrogen and oxygen atoms in total. The Hall–Kier alpha value is -2.41. The van der Waals surface area contributed by atoms with Crippen LogP contribution in [0.5, 0.6) is 0 Å². The van der Waals surface area contributed by atoms with Gasteiger partial charge in [0.2, 0.25) is 17.7 Å². The summed E-state index contributed by atoms with van der Waals surface area (Å²) in [6.45, 7) is 4.60. The van der Waals surface area contributed by atoms with Gasteiger partial charge in [0, 0.05) is 32.6 Å². The molecule has 136 valence electrons. The smallest absolute Gasteiger partial charge is 0.242 e. The molecule has 0 aliphatic carbocycles. The fraction of sp³-hybridized carbons (Fsp3) is 0.500. The zero-order chi connectivity index (χ0) is 18.2. The SMILES string of the molecule is Cc1ccc(CCC(=O)NCC(=O)N2CCN(CC(N)=O)CC2)cc1. The van der Waals surface area contributed by atoms with Gasteiger partial charge in [0.15, 0.2) is 0 Å². The molecule has 1 aromatic rings. The maximum atomic E-state index is 12.1. The summed E-state index contributed by atoms with van der Waals surface area (Å²) in [5.74, 6) is -0.579. The van der Waals surface area contributed by atoms with E-state index in [-0.39, 0.29) is 30.8 Å². The van der Waals surface area contributed by atoms with Crippen molar-refractivity contribution < 1.29 is 14.4 Å². The average Bonchev–Trinajstić information content (AvgIpc) is 2.59. The van der Waals surface area contributed by atoms with Gasteiger partial charge in [-0.25, -0.2) is 0 Å². The molecule has 1 aromatic carbocycles. The molecular weight excluding hydrogens is 320 g/mol. The van der Waals surface area contributed by atoms with E-state index in [1.54, 1.807) is 4.90 Å². The first-order chi connectivity index (χ1) is 11.9. The first-order valence-electron chi connectivity index (χ1n) is 8.54. The van der Waals surface area contributed by atoms with Crippen LogP contribution in [0.4, 0.5) is 0 Å². The highest BCUT2D eigenvalue weighted by atomic mass is 16.2. The number of carbonyl (C=O) groups excluding carboxylic acids is 3. The predicted molar refractivity (Wildman–Crippen MR) is 94.7 cm³/mol. The van der Waals surface area contributed by atoms with Crippen molar-refractivity contribution in [2.24, 2.45) is 5.73 Å². The number of nitrogens with two attached hydrogens (primary N) is 1. The third kappa shape index (κ3) is 6.54. The van der Waals surface area contributed by atoms with Crippen LogP contribution in [-0.2, 0) is 20.8 Å². The van der Waals surface area contributed by atoms with E-state index < -0.39 is 0 Å². The molecule has 7 heteroatoms. The second-order valence-electron chi connectivity index (χ2n) is 6.39. The van der Waals surface area contributed by atoms with Gasteiger partial charge in [0.05, 0.1) is 13.1 Å². The molecule has 0 unspecified atom stereocenters. The third-order valence-electron chi connectivity index (χ3n) is 4.30. The maximum Gasteiger partial charge on any atom is 0.242 e. The molecule has 0 atom stereocenters. The Bertz CT molecular complexity index is 607. The fourth-order valence-corrected chi connectivity index (χ4v) is 2.76. The Morgan fingerprint density at radius 1 is 1.08 bits per heavy atom. The highest BCUT2D eigenvalue weighted by Gasteiger charge is 2.21. The number of hydrogen-bond acceptors (Lipinski definition) is 4. The van der Waals surface area contributed by atoms with Gasteiger partial charge in [-0.3, -0.25) is 19.3 Å². The Balaban J connectivity index is 1.65. The Morgan fingerprint density at radius 3 is 2.32 bits per heavy atom. The number of aryl methyl sites for hydroxylation is 2. The van der Waals surface area contributed by atoms with E-state index in [2.05, 4.69) is 5.32 Å². The topological polar surface area (TPSA) is 95.7 Å². The number of amides is 3. The fourth-order valence-electron chi connectivity index (χ4n) is 2.76. The van der Waals surface area contributed by atoms with Crippen molar-refractivity contribution in [1.82, 2.24) is 15.1 Å². The van der Waals surface area contributed by atoms with Gasteiger partial charge in [0.1, 0.15) is 0 Å². The van der Waals surface area contributed by atoms with Gasteiger partial charge in [-0.05, 0) is 18.9 Å². The maximum absolute atomic E-state index is 12.1. The molecule has 0 radical (unpaired) electrons. The number of primary amides is 1. The average molecular weight is 346 g/mol. The Morgan fingerprint density at radius 2 is 1.72 bits per heavy atom. The van der Waals surface area contributed by atoms with Crippen LogP contribution in [-0.4, -0.2) is 66.8 Å². The Labute approximate surface area is 148 Å². The summed E-state index contributed by atoms with van der Waals surface area (Å²) in [7, 11) is 0. The van der Waals surface area contributed by atoms with Gasteiger partial charge in [-0.15, -0.1) is 0 Å². The van der Waals surface area contributed by atoms with E-state index >= 15 is 0 Å². The van der Waals surface area contributed by atoms with Crippen LogP contribution >= 0.6 is 0 Å². The molecule has 0 spiro atoms. The van der Waals surface area contributed by atoms with Crippen molar-refractivity contribution in [3.05, 3.63) is 35.4 Å². The molecule has 1 aliphatic rings. The van der Waals surface area contributed by atoms with Crippen molar-refractivity contribution in [3.63, 3.8) is 0 Å². The molecule has 0 saturated carbocycles. The normalized spacial score (nSPS) is 15.0. The lowest BCUT2D eigenvalue weighted by atomic mass is 10.1. The molecule has 3 amide bonds. The third-order valence-corrected chi connectivity index (χ3v) is 4.30. The predicted octanol–water partition coefficient (Wildman–Crippen LogP) is -0.327. The summed E-state index contributed by atoms with van der Waals surface area (Å²) in [4.78, 5) is 38.6. The van der Waals surface area contributed by atoms with Crippen LogP contribution in [0.15, 0.2) is 24.3 Å². The summed E-state index contributed by atoms with van der Waals surface area (Å²) >= 11 is 0. The molecule has 1 fully saturated rings. The quantitative estimate of drug-likeness (QED) is 0.707. The van der Waals surface area contributed by atoms with Crippen LogP contribution in [0.25, 0.3) is 0 Å². The molecule has 0 bridgehead atoms. The monoisotopic (exact) mass is 346 g/mol. The van der Waals surface area contributed by atoms with Gasteiger partial charge in [-0.1, -0.05) is 29.8 Å². The molecule has 25 heavy (non-hydrogen) atoms. The zero-order valence-electron chi connectivity index (χ0n) is 14.7. The second kappa shape index (κ2) is 9.17. The minimum Gasteiger partial charge on any atom is -0.369 e.